The number of carbonyl (C=O) groups is 1. The minimum Gasteiger partial charge on any atom is -0.343 e. The van der Waals surface area contributed by atoms with Gasteiger partial charge in [0.1, 0.15) is 0 Å². The summed E-state index contributed by atoms with van der Waals surface area (Å²) in [6.07, 6.45) is 6.42. The van der Waals surface area contributed by atoms with Crippen LogP contribution in [0.5, 0.6) is 0 Å². The van der Waals surface area contributed by atoms with Gasteiger partial charge in [0.05, 0.1) is 30.5 Å². The van der Waals surface area contributed by atoms with Crippen LogP contribution in [0.4, 0.5) is 0 Å². The maximum Gasteiger partial charge on any atom is 0.253 e. The summed E-state index contributed by atoms with van der Waals surface area (Å²) in [4.78, 5) is 17.9. The summed E-state index contributed by atoms with van der Waals surface area (Å²) in [5.41, 5.74) is 1.52. The molecular weight excluding hydrogens is 278 g/mol. The highest BCUT2D eigenvalue weighted by Crippen LogP contribution is 2.15. The van der Waals surface area contributed by atoms with Crippen LogP contribution in [0, 0.1) is 0 Å². The van der Waals surface area contributed by atoms with Gasteiger partial charge in [0.25, 0.3) is 5.91 Å². The Labute approximate surface area is 127 Å². The Morgan fingerprint density at radius 3 is 2.50 bits per heavy atom. The summed E-state index contributed by atoms with van der Waals surface area (Å²) in [7, 11) is 0. The quantitative estimate of drug-likeness (QED) is 0.779. The summed E-state index contributed by atoms with van der Waals surface area (Å²) >= 11 is 0. The predicted octanol–water partition coefficient (Wildman–Crippen LogP) is 1.84. The lowest BCUT2D eigenvalue weighted by molar-refractivity contribution is 0.0930. The zero-order valence-corrected chi connectivity index (χ0v) is 11.8. The molecule has 2 heterocycles. The lowest BCUT2D eigenvalue weighted by Gasteiger charge is -2.18. The van der Waals surface area contributed by atoms with Gasteiger partial charge in [-0.2, -0.15) is 15.0 Å². The molecule has 0 radical (unpaired) electrons. The number of hydrogen-bond acceptors (Lipinski definition) is 4. The van der Waals surface area contributed by atoms with Crippen molar-refractivity contribution in [3.8, 4) is 0 Å². The molecule has 2 aromatic heterocycles. The SMILES string of the molecule is O=C(NC(Cn1nccn1)c1ccccc1)c1cccnc1. The van der Waals surface area contributed by atoms with Gasteiger partial charge in [-0.3, -0.25) is 9.78 Å². The molecule has 3 rings (SSSR count). The summed E-state index contributed by atoms with van der Waals surface area (Å²) in [5.74, 6) is -0.172. The first-order chi connectivity index (χ1) is 10.8. The minimum atomic E-state index is -0.221. The number of nitrogens with one attached hydrogen (secondary N) is 1. The number of nitrogens with zero attached hydrogens (tertiary/aromatic N) is 4. The molecular formula is C16H15N5O. The van der Waals surface area contributed by atoms with Gasteiger partial charge >= 0.3 is 0 Å². The van der Waals surface area contributed by atoms with Crippen molar-refractivity contribution in [3.05, 3.63) is 78.4 Å². The molecule has 6 heteroatoms. The van der Waals surface area contributed by atoms with Crippen LogP contribution in [0.25, 0.3) is 0 Å². The van der Waals surface area contributed by atoms with E-state index in [0.29, 0.717) is 12.1 Å². The number of carbonyl (C=O) groups excluding carboxylic acids is 1. The van der Waals surface area contributed by atoms with E-state index in [-0.39, 0.29) is 11.9 Å². The highest BCUT2D eigenvalue weighted by molar-refractivity contribution is 5.94. The zero-order chi connectivity index (χ0) is 15.2. The molecule has 3 aromatic rings. The molecule has 110 valence electrons. The Bertz CT molecular complexity index is 713. The van der Waals surface area contributed by atoms with Crippen LogP contribution < -0.4 is 5.32 Å². The second-order valence-corrected chi connectivity index (χ2v) is 4.76. The number of aromatic nitrogens is 4. The number of rotatable bonds is 5. The maximum absolute atomic E-state index is 12.4. The second kappa shape index (κ2) is 6.62. The molecule has 6 nitrogen and oxygen atoms in total. The summed E-state index contributed by atoms with van der Waals surface area (Å²) in [6.45, 7) is 0.461. The largest absolute Gasteiger partial charge is 0.343 e. The van der Waals surface area contributed by atoms with Crippen LogP contribution in [0.2, 0.25) is 0 Å². The molecule has 1 atom stereocenters. The van der Waals surface area contributed by atoms with E-state index in [1.54, 1.807) is 41.7 Å². The first-order valence-electron chi connectivity index (χ1n) is 6.93. The van der Waals surface area contributed by atoms with Gasteiger partial charge < -0.3 is 5.32 Å². The molecule has 0 bridgehead atoms. The molecule has 0 aliphatic rings. The molecule has 1 unspecified atom stereocenters. The van der Waals surface area contributed by atoms with Gasteiger partial charge in [0, 0.05) is 12.4 Å². The van der Waals surface area contributed by atoms with E-state index in [0.717, 1.165) is 5.56 Å². The molecule has 0 aliphatic carbocycles. The van der Waals surface area contributed by atoms with Crippen LogP contribution >= 0.6 is 0 Å². The average Bonchev–Trinajstić information content (AvgIpc) is 3.09. The van der Waals surface area contributed by atoms with E-state index >= 15 is 0 Å². The second-order valence-electron chi connectivity index (χ2n) is 4.76. The van der Waals surface area contributed by atoms with E-state index in [2.05, 4.69) is 20.5 Å². The van der Waals surface area contributed by atoms with E-state index in [4.69, 9.17) is 0 Å². The number of benzene rings is 1. The Balaban J connectivity index is 1.81. The molecule has 0 fully saturated rings. The van der Waals surface area contributed by atoms with Crippen molar-refractivity contribution in [2.24, 2.45) is 0 Å². The van der Waals surface area contributed by atoms with Crippen molar-refractivity contribution in [2.75, 3.05) is 0 Å². The normalized spacial score (nSPS) is 11.8. The third-order valence-corrected chi connectivity index (χ3v) is 3.24. The summed E-state index contributed by atoms with van der Waals surface area (Å²) in [5, 5.41) is 11.2. The fraction of sp³-hybridized carbons (Fsp3) is 0.125. The van der Waals surface area contributed by atoms with E-state index < -0.39 is 0 Å². The third-order valence-electron chi connectivity index (χ3n) is 3.24. The van der Waals surface area contributed by atoms with Crippen LogP contribution in [0.1, 0.15) is 22.0 Å². The van der Waals surface area contributed by atoms with Crippen molar-refractivity contribution in [3.63, 3.8) is 0 Å². The van der Waals surface area contributed by atoms with Crippen molar-refractivity contribution >= 4 is 5.91 Å². The number of pyridine rings is 1. The smallest absolute Gasteiger partial charge is 0.253 e. The van der Waals surface area contributed by atoms with Crippen molar-refractivity contribution < 1.29 is 4.79 Å². The zero-order valence-electron chi connectivity index (χ0n) is 11.8. The lowest BCUT2D eigenvalue weighted by atomic mass is 10.1. The van der Waals surface area contributed by atoms with Crippen molar-refractivity contribution in [2.45, 2.75) is 12.6 Å². The monoisotopic (exact) mass is 293 g/mol. The Kier molecular flexibility index (Phi) is 4.20. The first-order valence-corrected chi connectivity index (χ1v) is 6.93. The van der Waals surface area contributed by atoms with E-state index in [1.165, 1.54) is 0 Å². The molecule has 1 amide bonds. The van der Waals surface area contributed by atoms with Gasteiger partial charge in [-0.1, -0.05) is 30.3 Å². The van der Waals surface area contributed by atoms with Crippen LogP contribution in [-0.4, -0.2) is 25.9 Å². The average molecular weight is 293 g/mol. The molecule has 0 aliphatic heterocycles. The van der Waals surface area contributed by atoms with Gasteiger partial charge in [-0.15, -0.1) is 0 Å². The molecule has 22 heavy (non-hydrogen) atoms. The van der Waals surface area contributed by atoms with Gasteiger partial charge in [-0.25, -0.2) is 0 Å². The highest BCUT2D eigenvalue weighted by Gasteiger charge is 2.17. The minimum absolute atomic E-state index is 0.172. The molecule has 0 saturated heterocycles. The third kappa shape index (κ3) is 3.35. The topological polar surface area (TPSA) is 72.7 Å². The highest BCUT2D eigenvalue weighted by atomic mass is 16.1. The van der Waals surface area contributed by atoms with Gasteiger partial charge in [0.2, 0.25) is 0 Å². The Hall–Kier alpha value is -3.02. The molecule has 1 aromatic carbocycles. The fourth-order valence-corrected chi connectivity index (χ4v) is 2.16. The molecule has 1 N–H and O–H groups in total. The Morgan fingerprint density at radius 2 is 1.82 bits per heavy atom. The lowest BCUT2D eigenvalue weighted by Crippen LogP contribution is -2.32. The standard InChI is InChI=1S/C16H15N5O/c22-16(14-7-4-8-17-11-14)20-15(12-21-18-9-10-19-21)13-5-2-1-3-6-13/h1-11,15H,12H2,(H,20,22). The molecule has 0 saturated carbocycles. The number of hydrogen-bond donors (Lipinski definition) is 1. The molecule has 0 spiro atoms. The predicted molar refractivity (Wildman–Crippen MR) is 80.9 cm³/mol. The van der Waals surface area contributed by atoms with Crippen molar-refractivity contribution in [1.29, 1.82) is 0 Å². The van der Waals surface area contributed by atoms with Crippen LogP contribution in [0.3, 0.4) is 0 Å². The van der Waals surface area contributed by atoms with Gasteiger partial charge in [-0.05, 0) is 17.7 Å². The van der Waals surface area contributed by atoms with Crippen molar-refractivity contribution in [1.82, 2.24) is 25.3 Å². The maximum atomic E-state index is 12.4. The van der Waals surface area contributed by atoms with E-state index in [9.17, 15) is 4.79 Å². The summed E-state index contributed by atoms with van der Waals surface area (Å²) < 4.78 is 0. The number of amides is 1. The van der Waals surface area contributed by atoms with Crippen LogP contribution in [0.15, 0.2) is 67.3 Å². The van der Waals surface area contributed by atoms with Gasteiger partial charge in [0.15, 0.2) is 0 Å². The first kappa shape index (κ1) is 13.9. The van der Waals surface area contributed by atoms with E-state index in [1.807, 2.05) is 30.3 Å². The fourth-order valence-electron chi connectivity index (χ4n) is 2.16. The van der Waals surface area contributed by atoms with Crippen LogP contribution in [-0.2, 0) is 6.54 Å². The Morgan fingerprint density at radius 1 is 1.05 bits per heavy atom. The summed E-state index contributed by atoms with van der Waals surface area (Å²) in [6, 6.07) is 13.0.